The van der Waals surface area contributed by atoms with Crippen LogP contribution in [0.2, 0.25) is 0 Å². The fraction of sp³-hybridized carbons (Fsp3) is 0.118. The molecule has 0 fully saturated rings. The van der Waals surface area contributed by atoms with Crippen molar-refractivity contribution in [3.8, 4) is 17.0 Å². The van der Waals surface area contributed by atoms with E-state index in [0.29, 0.717) is 12.5 Å². The standard InChI is InChI=1S/C17H16N2O2/c1-12-9-14(20-11-13-5-3-2-4-6-13)7-8-15(12)16-10-17(18)21-19-16/h2-10H,11,18H2,1H3. The smallest absolute Gasteiger partial charge is 0.222 e. The zero-order chi connectivity index (χ0) is 14.7. The van der Waals surface area contributed by atoms with Crippen molar-refractivity contribution in [3.63, 3.8) is 0 Å². The van der Waals surface area contributed by atoms with Gasteiger partial charge in [0.1, 0.15) is 18.1 Å². The number of nitrogens with two attached hydrogens (primary N) is 1. The molecule has 0 saturated heterocycles. The Morgan fingerprint density at radius 1 is 1.10 bits per heavy atom. The molecule has 0 spiro atoms. The molecule has 0 radical (unpaired) electrons. The van der Waals surface area contributed by atoms with Crippen molar-refractivity contribution >= 4 is 5.88 Å². The Balaban J connectivity index is 1.75. The van der Waals surface area contributed by atoms with E-state index in [1.54, 1.807) is 6.07 Å². The van der Waals surface area contributed by atoms with Crippen LogP contribution in [0.15, 0.2) is 59.1 Å². The van der Waals surface area contributed by atoms with Crippen LogP contribution in [0.3, 0.4) is 0 Å². The van der Waals surface area contributed by atoms with Gasteiger partial charge in [-0.1, -0.05) is 35.5 Å². The van der Waals surface area contributed by atoms with Gasteiger partial charge in [0.25, 0.3) is 0 Å². The summed E-state index contributed by atoms with van der Waals surface area (Å²) in [5.74, 6) is 1.14. The summed E-state index contributed by atoms with van der Waals surface area (Å²) in [5.41, 5.74) is 9.48. The molecule has 0 bridgehead atoms. The number of nitrogen functional groups attached to an aromatic ring is 1. The van der Waals surface area contributed by atoms with Gasteiger partial charge in [0.05, 0.1) is 0 Å². The summed E-state index contributed by atoms with van der Waals surface area (Å²) in [4.78, 5) is 0. The lowest BCUT2D eigenvalue weighted by atomic mass is 10.1. The van der Waals surface area contributed by atoms with Crippen molar-refractivity contribution in [2.75, 3.05) is 5.73 Å². The number of ether oxygens (including phenoxy) is 1. The van der Waals surface area contributed by atoms with Gasteiger partial charge in [-0.05, 0) is 36.2 Å². The first-order valence-corrected chi connectivity index (χ1v) is 6.72. The van der Waals surface area contributed by atoms with Crippen LogP contribution in [0.5, 0.6) is 5.75 Å². The van der Waals surface area contributed by atoms with E-state index < -0.39 is 0 Å². The highest BCUT2D eigenvalue weighted by Crippen LogP contribution is 2.27. The zero-order valence-corrected chi connectivity index (χ0v) is 11.7. The number of anilines is 1. The van der Waals surface area contributed by atoms with Crippen molar-refractivity contribution in [2.45, 2.75) is 13.5 Å². The summed E-state index contributed by atoms with van der Waals surface area (Å²) in [6.07, 6.45) is 0. The molecule has 0 unspecified atom stereocenters. The normalized spacial score (nSPS) is 10.5. The number of hydrogen-bond acceptors (Lipinski definition) is 4. The van der Waals surface area contributed by atoms with Crippen LogP contribution in [0, 0.1) is 6.92 Å². The predicted molar refractivity (Wildman–Crippen MR) is 81.9 cm³/mol. The second-order valence-corrected chi connectivity index (χ2v) is 4.87. The largest absolute Gasteiger partial charge is 0.489 e. The van der Waals surface area contributed by atoms with Crippen LogP contribution in [-0.4, -0.2) is 5.16 Å². The zero-order valence-electron chi connectivity index (χ0n) is 11.7. The molecule has 0 aliphatic carbocycles. The minimum absolute atomic E-state index is 0.314. The maximum Gasteiger partial charge on any atom is 0.222 e. The molecule has 3 aromatic rings. The summed E-state index contributed by atoms with van der Waals surface area (Å²) in [7, 11) is 0. The molecule has 21 heavy (non-hydrogen) atoms. The number of benzene rings is 2. The van der Waals surface area contributed by atoms with Gasteiger partial charge in [-0.2, -0.15) is 0 Å². The second-order valence-electron chi connectivity index (χ2n) is 4.87. The molecular formula is C17H16N2O2. The Bertz CT molecular complexity index is 736. The Morgan fingerprint density at radius 2 is 1.90 bits per heavy atom. The molecule has 4 nitrogen and oxygen atoms in total. The number of aryl methyl sites for hydroxylation is 1. The molecule has 106 valence electrons. The van der Waals surface area contributed by atoms with E-state index in [4.69, 9.17) is 15.0 Å². The monoisotopic (exact) mass is 280 g/mol. The van der Waals surface area contributed by atoms with Gasteiger partial charge in [0.2, 0.25) is 5.88 Å². The summed E-state index contributed by atoms with van der Waals surface area (Å²) < 4.78 is 10.7. The minimum atomic E-state index is 0.314. The molecular weight excluding hydrogens is 264 g/mol. The molecule has 1 aromatic heterocycles. The van der Waals surface area contributed by atoms with E-state index in [0.717, 1.165) is 28.1 Å². The third-order valence-corrected chi connectivity index (χ3v) is 3.25. The van der Waals surface area contributed by atoms with Crippen LogP contribution in [0.1, 0.15) is 11.1 Å². The Kier molecular flexibility index (Phi) is 3.60. The summed E-state index contributed by atoms with van der Waals surface area (Å²) in [6.45, 7) is 2.56. The predicted octanol–water partition coefficient (Wildman–Crippen LogP) is 3.81. The van der Waals surface area contributed by atoms with Crippen molar-refractivity contribution < 1.29 is 9.26 Å². The van der Waals surface area contributed by atoms with Crippen molar-refractivity contribution in [1.29, 1.82) is 0 Å². The van der Waals surface area contributed by atoms with Crippen LogP contribution in [0.4, 0.5) is 5.88 Å². The second kappa shape index (κ2) is 5.71. The Morgan fingerprint density at radius 3 is 2.57 bits per heavy atom. The van der Waals surface area contributed by atoms with Crippen molar-refractivity contribution in [3.05, 3.63) is 65.7 Å². The fourth-order valence-electron chi connectivity index (χ4n) is 2.17. The highest BCUT2D eigenvalue weighted by atomic mass is 16.5. The first kappa shape index (κ1) is 13.2. The van der Waals surface area contributed by atoms with E-state index in [1.165, 1.54) is 0 Å². The molecule has 0 aliphatic rings. The first-order chi connectivity index (χ1) is 10.2. The number of hydrogen-bond donors (Lipinski definition) is 1. The lowest BCUT2D eigenvalue weighted by molar-refractivity contribution is 0.306. The van der Waals surface area contributed by atoms with Gasteiger partial charge in [0, 0.05) is 11.6 Å². The maximum absolute atomic E-state index is 5.80. The minimum Gasteiger partial charge on any atom is -0.489 e. The molecule has 2 aromatic carbocycles. The number of nitrogens with zero attached hydrogens (tertiary/aromatic N) is 1. The lowest BCUT2D eigenvalue weighted by Crippen LogP contribution is -1.95. The third-order valence-electron chi connectivity index (χ3n) is 3.25. The summed E-state index contributed by atoms with van der Waals surface area (Å²) >= 11 is 0. The summed E-state index contributed by atoms with van der Waals surface area (Å²) in [5, 5.41) is 3.93. The lowest BCUT2D eigenvalue weighted by Gasteiger charge is -2.09. The molecule has 4 heteroatoms. The average molecular weight is 280 g/mol. The Hall–Kier alpha value is -2.75. The number of rotatable bonds is 4. The highest BCUT2D eigenvalue weighted by molar-refractivity contribution is 5.66. The van der Waals surface area contributed by atoms with Gasteiger partial charge in [-0.3, -0.25) is 0 Å². The van der Waals surface area contributed by atoms with E-state index in [2.05, 4.69) is 5.16 Å². The quantitative estimate of drug-likeness (QED) is 0.789. The Labute approximate surface area is 123 Å². The van der Waals surface area contributed by atoms with E-state index in [1.807, 2.05) is 55.5 Å². The van der Waals surface area contributed by atoms with Gasteiger partial charge in [-0.25, -0.2) is 0 Å². The molecule has 0 atom stereocenters. The molecule has 3 rings (SSSR count). The average Bonchev–Trinajstić information content (AvgIpc) is 2.92. The molecule has 0 amide bonds. The van der Waals surface area contributed by atoms with Crippen molar-refractivity contribution in [2.24, 2.45) is 0 Å². The molecule has 1 heterocycles. The van der Waals surface area contributed by atoms with Crippen molar-refractivity contribution in [1.82, 2.24) is 5.16 Å². The van der Waals surface area contributed by atoms with Crippen LogP contribution < -0.4 is 10.5 Å². The molecule has 0 saturated carbocycles. The van der Waals surface area contributed by atoms with Gasteiger partial charge in [0.15, 0.2) is 0 Å². The van der Waals surface area contributed by atoms with Crippen LogP contribution >= 0.6 is 0 Å². The van der Waals surface area contributed by atoms with E-state index in [9.17, 15) is 0 Å². The van der Waals surface area contributed by atoms with E-state index in [-0.39, 0.29) is 0 Å². The molecule has 0 aliphatic heterocycles. The maximum atomic E-state index is 5.80. The summed E-state index contributed by atoms with van der Waals surface area (Å²) in [6, 6.07) is 17.7. The van der Waals surface area contributed by atoms with Crippen LogP contribution in [-0.2, 0) is 6.61 Å². The van der Waals surface area contributed by atoms with Gasteiger partial charge in [-0.15, -0.1) is 0 Å². The van der Waals surface area contributed by atoms with Gasteiger partial charge >= 0.3 is 0 Å². The van der Waals surface area contributed by atoms with Crippen LogP contribution in [0.25, 0.3) is 11.3 Å². The highest BCUT2D eigenvalue weighted by Gasteiger charge is 2.08. The first-order valence-electron chi connectivity index (χ1n) is 6.72. The molecule has 2 N–H and O–H groups in total. The topological polar surface area (TPSA) is 61.3 Å². The van der Waals surface area contributed by atoms with E-state index >= 15 is 0 Å². The number of aromatic nitrogens is 1. The third kappa shape index (κ3) is 3.05. The fourth-order valence-corrected chi connectivity index (χ4v) is 2.17. The van der Waals surface area contributed by atoms with Gasteiger partial charge < -0.3 is 15.0 Å². The SMILES string of the molecule is Cc1cc(OCc2ccccc2)ccc1-c1cc(N)on1.